The van der Waals surface area contributed by atoms with Gasteiger partial charge in [0.2, 0.25) is 0 Å². The summed E-state index contributed by atoms with van der Waals surface area (Å²) in [6.07, 6.45) is 4.22. The van der Waals surface area contributed by atoms with Crippen LogP contribution in [-0.2, 0) is 13.0 Å². The Bertz CT molecular complexity index is 497. The molecule has 0 fully saturated rings. The van der Waals surface area contributed by atoms with Gasteiger partial charge in [0.1, 0.15) is 5.75 Å². The lowest BCUT2D eigenvalue weighted by Gasteiger charge is -2.09. The van der Waals surface area contributed by atoms with Crippen LogP contribution in [0.4, 0.5) is 0 Å². The molecule has 0 spiro atoms. The van der Waals surface area contributed by atoms with Crippen molar-refractivity contribution in [2.24, 2.45) is 0 Å². The molecule has 2 rings (SSSR count). The van der Waals surface area contributed by atoms with Gasteiger partial charge in [-0.1, -0.05) is 19.1 Å². The van der Waals surface area contributed by atoms with Gasteiger partial charge >= 0.3 is 0 Å². The van der Waals surface area contributed by atoms with E-state index in [1.165, 1.54) is 5.56 Å². The molecule has 3 nitrogen and oxygen atoms in total. The fraction of sp³-hybridized carbons (Fsp3) is 0.214. The Morgan fingerprint density at radius 1 is 1.29 bits per heavy atom. The molecule has 0 radical (unpaired) electrons. The second-order valence-electron chi connectivity index (χ2n) is 3.74. The predicted octanol–water partition coefficient (Wildman–Crippen LogP) is 2.93. The van der Waals surface area contributed by atoms with E-state index in [-0.39, 0.29) is 6.61 Å². The van der Waals surface area contributed by atoms with Gasteiger partial charge in [0, 0.05) is 11.8 Å². The van der Waals surface area contributed by atoms with E-state index in [0.717, 1.165) is 17.7 Å². The minimum Gasteiger partial charge on any atom is -0.455 e. The van der Waals surface area contributed by atoms with E-state index in [2.05, 4.69) is 18.0 Å². The van der Waals surface area contributed by atoms with E-state index in [9.17, 15) is 5.11 Å². The average Bonchev–Trinajstić information content (AvgIpc) is 2.39. The first-order valence-electron chi connectivity index (χ1n) is 5.64. The van der Waals surface area contributed by atoms with Crippen LogP contribution in [0.5, 0.6) is 11.5 Å². The molecule has 0 aliphatic carbocycles. The molecule has 1 N–H and O–H groups in total. The lowest BCUT2D eigenvalue weighted by atomic mass is 10.2. The molecular weight excluding hydrogens is 214 g/mol. The molecule has 1 aromatic carbocycles. The zero-order chi connectivity index (χ0) is 12.1. The van der Waals surface area contributed by atoms with Crippen LogP contribution in [0, 0.1) is 0 Å². The Morgan fingerprint density at radius 3 is 2.94 bits per heavy atom. The van der Waals surface area contributed by atoms with E-state index >= 15 is 0 Å². The Labute approximate surface area is 101 Å². The lowest BCUT2D eigenvalue weighted by molar-refractivity contribution is 0.276. The Kier molecular flexibility index (Phi) is 3.73. The van der Waals surface area contributed by atoms with Crippen LogP contribution < -0.4 is 4.74 Å². The topological polar surface area (TPSA) is 42.4 Å². The van der Waals surface area contributed by atoms with Crippen LogP contribution in [-0.4, -0.2) is 10.1 Å². The summed E-state index contributed by atoms with van der Waals surface area (Å²) >= 11 is 0. The molecule has 2 aromatic rings. The molecule has 0 atom stereocenters. The zero-order valence-corrected chi connectivity index (χ0v) is 9.76. The number of hydrogen-bond donors (Lipinski definition) is 1. The standard InChI is InChI=1S/C14H15NO2/c1-2-11-4-3-5-13(8-11)17-14-9-15-7-6-12(14)10-16/h3-9,16H,2,10H2,1H3. The molecule has 0 unspecified atom stereocenters. The third-order valence-corrected chi connectivity index (χ3v) is 2.57. The Hall–Kier alpha value is -1.87. The van der Waals surface area contributed by atoms with Gasteiger partial charge < -0.3 is 9.84 Å². The van der Waals surface area contributed by atoms with Crippen molar-refractivity contribution in [3.8, 4) is 11.5 Å². The number of aliphatic hydroxyl groups is 1. The van der Waals surface area contributed by atoms with E-state index in [4.69, 9.17) is 4.74 Å². The van der Waals surface area contributed by atoms with Crippen molar-refractivity contribution in [2.75, 3.05) is 0 Å². The van der Waals surface area contributed by atoms with Gasteiger partial charge in [0.15, 0.2) is 5.75 Å². The molecule has 88 valence electrons. The van der Waals surface area contributed by atoms with E-state index in [1.807, 2.05) is 18.2 Å². The highest BCUT2D eigenvalue weighted by Gasteiger charge is 2.04. The monoisotopic (exact) mass is 229 g/mol. The van der Waals surface area contributed by atoms with Crippen LogP contribution in [0.2, 0.25) is 0 Å². The third-order valence-electron chi connectivity index (χ3n) is 2.57. The number of aryl methyl sites for hydroxylation is 1. The first kappa shape index (κ1) is 11.6. The van der Waals surface area contributed by atoms with Gasteiger partial charge in [-0.2, -0.15) is 0 Å². The number of ether oxygens (including phenoxy) is 1. The fourth-order valence-corrected chi connectivity index (χ4v) is 1.59. The van der Waals surface area contributed by atoms with E-state index in [0.29, 0.717) is 5.75 Å². The Morgan fingerprint density at radius 2 is 2.18 bits per heavy atom. The highest BCUT2D eigenvalue weighted by Crippen LogP contribution is 2.25. The summed E-state index contributed by atoms with van der Waals surface area (Å²) in [5.74, 6) is 1.37. The summed E-state index contributed by atoms with van der Waals surface area (Å²) in [5.41, 5.74) is 1.96. The minimum atomic E-state index is -0.0503. The molecule has 17 heavy (non-hydrogen) atoms. The van der Waals surface area contributed by atoms with Gasteiger partial charge in [0.25, 0.3) is 0 Å². The molecule has 0 saturated heterocycles. The van der Waals surface area contributed by atoms with Crippen LogP contribution >= 0.6 is 0 Å². The number of benzene rings is 1. The SMILES string of the molecule is CCc1cccc(Oc2cnccc2CO)c1. The van der Waals surface area contributed by atoms with Gasteiger partial charge in [-0.15, -0.1) is 0 Å². The number of nitrogens with zero attached hydrogens (tertiary/aromatic N) is 1. The van der Waals surface area contributed by atoms with Gasteiger partial charge in [-0.3, -0.25) is 4.98 Å². The van der Waals surface area contributed by atoms with Crippen molar-refractivity contribution in [3.63, 3.8) is 0 Å². The fourth-order valence-electron chi connectivity index (χ4n) is 1.59. The molecule has 3 heteroatoms. The first-order valence-corrected chi connectivity index (χ1v) is 5.64. The van der Waals surface area contributed by atoms with Crippen LogP contribution in [0.25, 0.3) is 0 Å². The summed E-state index contributed by atoms with van der Waals surface area (Å²) in [6, 6.07) is 9.66. The largest absolute Gasteiger partial charge is 0.455 e. The highest BCUT2D eigenvalue weighted by molar-refractivity contribution is 5.36. The van der Waals surface area contributed by atoms with Crippen molar-refractivity contribution < 1.29 is 9.84 Å². The molecule has 1 aromatic heterocycles. The summed E-state index contributed by atoms with van der Waals surface area (Å²) in [5, 5.41) is 9.19. The number of aliphatic hydroxyl groups excluding tert-OH is 1. The van der Waals surface area contributed by atoms with Gasteiger partial charge in [-0.05, 0) is 30.2 Å². The molecule has 0 saturated carbocycles. The maximum Gasteiger partial charge on any atom is 0.151 e. The lowest BCUT2D eigenvalue weighted by Crippen LogP contribution is -1.93. The maximum absolute atomic E-state index is 9.19. The number of rotatable bonds is 4. The molecule has 1 heterocycles. The van der Waals surface area contributed by atoms with Crippen LogP contribution in [0.15, 0.2) is 42.7 Å². The van der Waals surface area contributed by atoms with Crippen molar-refractivity contribution >= 4 is 0 Å². The summed E-state index contributed by atoms with van der Waals surface area (Å²) in [4.78, 5) is 4.00. The summed E-state index contributed by atoms with van der Waals surface area (Å²) < 4.78 is 5.72. The third kappa shape index (κ3) is 2.82. The zero-order valence-electron chi connectivity index (χ0n) is 9.76. The molecule has 0 amide bonds. The smallest absolute Gasteiger partial charge is 0.151 e. The van der Waals surface area contributed by atoms with E-state index < -0.39 is 0 Å². The van der Waals surface area contributed by atoms with Crippen molar-refractivity contribution in [1.82, 2.24) is 4.98 Å². The van der Waals surface area contributed by atoms with E-state index in [1.54, 1.807) is 18.5 Å². The first-order chi connectivity index (χ1) is 8.33. The number of aromatic nitrogens is 1. The molecular formula is C14H15NO2. The maximum atomic E-state index is 9.19. The second-order valence-corrected chi connectivity index (χ2v) is 3.74. The van der Waals surface area contributed by atoms with Crippen LogP contribution in [0.3, 0.4) is 0 Å². The van der Waals surface area contributed by atoms with Gasteiger partial charge in [0.05, 0.1) is 12.8 Å². The Balaban J connectivity index is 2.24. The minimum absolute atomic E-state index is 0.0503. The molecule has 0 bridgehead atoms. The number of hydrogen-bond acceptors (Lipinski definition) is 3. The normalized spacial score (nSPS) is 10.2. The average molecular weight is 229 g/mol. The summed E-state index contributed by atoms with van der Waals surface area (Å²) in [7, 11) is 0. The van der Waals surface area contributed by atoms with Crippen LogP contribution in [0.1, 0.15) is 18.1 Å². The summed E-state index contributed by atoms with van der Waals surface area (Å²) in [6.45, 7) is 2.05. The van der Waals surface area contributed by atoms with Crippen molar-refractivity contribution in [1.29, 1.82) is 0 Å². The van der Waals surface area contributed by atoms with Crippen molar-refractivity contribution in [2.45, 2.75) is 20.0 Å². The molecule has 0 aliphatic rings. The van der Waals surface area contributed by atoms with Crippen molar-refractivity contribution in [3.05, 3.63) is 53.9 Å². The quantitative estimate of drug-likeness (QED) is 0.876. The number of pyridine rings is 1. The molecule has 0 aliphatic heterocycles. The predicted molar refractivity (Wildman–Crippen MR) is 66.1 cm³/mol. The second kappa shape index (κ2) is 5.46. The highest BCUT2D eigenvalue weighted by atomic mass is 16.5. The van der Waals surface area contributed by atoms with Gasteiger partial charge in [-0.25, -0.2) is 0 Å².